The Morgan fingerprint density at radius 1 is 1.19 bits per heavy atom. The van der Waals surface area contributed by atoms with Crippen LogP contribution in [0.3, 0.4) is 0 Å². The highest BCUT2D eigenvalue weighted by atomic mass is 16.5. The Hall–Kier alpha value is -0.120. The molecule has 0 aromatic carbocycles. The van der Waals surface area contributed by atoms with Crippen molar-refractivity contribution in [2.24, 2.45) is 11.8 Å². The van der Waals surface area contributed by atoms with Crippen molar-refractivity contribution in [3.8, 4) is 0 Å². The molecule has 1 heterocycles. The first-order valence-corrected chi connectivity index (χ1v) is 9.09. The Labute approximate surface area is 132 Å². The van der Waals surface area contributed by atoms with Gasteiger partial charge in [0.2, 0.25) is 0 Å². The lowest BCUT2D eigenvalue weighted by Gasteiger charge is -2.18. The van der Waals surface area contributed by atoms with Crippen molar-refractivity contribution < 1.29 is 9.47 Å². The zero-order valence-corrected chi connectivity index (χ0v) is 14.7. The summed E-state index contributed by atoms with van der Waals surface area (Å²) in [5.41, 5.74) is 0. The summed E-state index contributed by atoms with van der Waals surface area (Å²) in [7, 11) is 0. The van der Waals surface area contributed by atoms with E-state index >= 15 is 0 Å². The van der Waals surface area contributed by atoms with Gasteiger partial charge < -0.3 is 14.8 Å². The zero-order chi connectivity index (χ0) is 15.5. The number of unbranched alkanes of at least 4 members (excludes halogenated alkanes) is 1. The van der Waals surface area contributed by atoms with Crippen LogP contribution in [0.15, 0.2) is 0 Å². The highest BCUT2D eigenvalue weighted by Crippen LogP contribution is 2.20. The van der Waals surface area contributed by atoms with E-state index in [0.717, 1.165) is 38.6 Å². The molecule has 1 aliphatic heterocycles. The van der Waals surface area contributed by atoms with Crippen LogP contribution in [0.2, 0.25) is 0 Å². The molecular weight excluding hydrogens is 262 g/mol. The summed E-state index contributed by atoms with van der Waals surface area (Å²) in [5.74, 6) is 1.44. The molecule has 3 unspecified atom stereocenters. The standard InChI is InChI=1S/C18H37NO2/c1-5-7-8-16(6-2)13-20-14-18-10-9-17(21-18)12-19-11-15(3)4/h15-19H,5-14H2,1-4H3. The first-order chi connectivity index (χ1) is 10.2. The van der Waals surface area contributed by atoms with Gasteiger partial charge >= 0.3 is 0 Å². The van der Waals surface area contributed by atoms with Crippen LogP contribution in [0.1, 0.15) is 66.2 Å². The molecule has 3 heteroatoms. The molecule has 0 aliphatic carbocycles. The summed E-state index contributed by atoms with van der Waals surface area (Å²) in [5, 5.41) is 3.49. The van der Waals surface area contributed by atoms with E-state index in [-0.39, 0.29) is 0 Å². The lowest BCUT2D eigenvalue weighted by Crippen LogP contribution is -2.30. The first kappa shape index (κ1) is 18.9. The van der Waals surface area contributed by atoms with E-state index in [4.69, 9.17) is 9.47 Å². The molecule has 0 bridgehead atoms. The molecule has 1 rings (SSSR count). The highest BCUT2D eigenvalue weighted by Gasteiger charge is 2.25. The SMILES string of the molecule is CCCCC(CC)COCC1CCC(CNCC(C)C)O1. The van der Waals surface area contributed by atoms with Crippen molar-refractivity contribution in [3.05, 3.63) is 0 Å². The maximum atomic E-state index is 6.05. The largest absolute Gasteiger partial charge is 0.378 e. The lowest BCUT2D eigenvalue weighted by atomic mass is 10.0. The monoisotopic (exact) mass is 299 g/mol. The van der Waals surface area contributed by atoms with Crippen molar-refractivity contribution in [2.45, 2.75) is 78.4 Å². The molecule has 0 radical (unpaired) electrons. The van der Waals surface area contributed by atoms with Gasteiger partial charge in [0.05, 0.1) is 18.8 Å². The summed E-state index contributed by atoms with van der Waals surface area (Å²) >= 11 is 0. The van der Waals surface area contributed by atoms with Gasteiger partial charge in [-0.25, -0.2) is 0 Å². The highest BCUT2D eigenvalue weighted by molar-refractivity contribution is 4.75. The average Bonchev–Trinajstić information content (AvgIpc) is 2.90. The molecule has 126 valence electrons. The van der Waals surface area contributed by atoms with Crippen molar-refractivity contribution in [1.29, 1.82) is 0 Å². The maximum absolute atomic E-state index is 6.05. The number of hydrogen-bond acceptors (Lipinski definition) is 3. The molecule has 1 saturated heterocycles. The van der Waals surface area contributed by atoms with E-state index in [1.54, 1.807) is 0 Å². The lowest BCUT2D eigenvalue weighted by molar-refractivity contribution is -0.0231. The minimum Gasteiger partial charge on any atom is -0.378 e. The summed E-state index contributed by atoms with van der Waals surface area (Å²) in [4.78, 5) is 0. The third-order valence-corrected chi connectivity index (χ3v) is 4.32. The summed E-state index contributed by atoms with van der Waals surface area (Å²) in [6, 6.07) is 0. The van der Waals surface area contributed by atoms with E-state index in [0.29, 0.717) is 18.1 Å². The Kier molecular flexibility index (Phi) is 10.3. The van der Waals surface area contributed by atoms with Crippen LogP contribution in [-0.4, -0.2) is 38.5 Å². The van der Waals surface area contributed by atoms with Gasteiger partial charge in [0.25, 0.3) is 0 Å². The molecule has 1 N–H and O–H groups in total. The van der Waals surface area contributed by atoms with E-state index in [1.165, 1.54) is 32.1 Å². The molecule has 21 heavy (non-hydrogen) atoms. The van der Waals surface area contributed by atoms with Crippen molar-refractivity contribution in [1.82, 2.24) is 5.32 Å². The minimum absolute atomic E-state index is 0.319. The summed E-state index contributed by atoms with van der Waals surface area (Å²) < 4.78 is 12.0. The van der Waals surface area contributed by atoms with Gasteiger partial charge in [-0.2, -0.15) is 0 Å². The van der Waals surface area contributed by atoms with Gasteiger partial charge in [-0.05, 0) is 37.6 Å². The second-order valence-corrected chi connectivity index (χ2v) is 6.96. The van der Waals surface area contributed by atoms with Crippen molar-refractivity contribution in [3.63, 3.8) is 0 Å². The van der Waals surface area contributed by atoms with E-state index in [1.807, 2.05) is 0 Å². The van der Waals surface area contributed by atoms with Crippen LogP contribution < -0.4 is 5.32 Å². The van der Waals surface area contributed by atoms with Gasteiger partial charge in [0, 0.05) is 13.2 Å². The molecular formula is C18H37NO2. The fraction of sp³-hybridized carbons (Fsp3) is 1.00. The van der Waals surface area contributed by atoms with Gasteiger partial charge in [-0.3, -0.25) is 0 Å². The smallest absolute Gasteiger partial charge is 0.0813 e. The van der Waals surface area contributed by atoms with Gasteiger partial charge in [-0.1, -0.05) is 47.0 Å². The molecule has 0 saturated carbocycles. The van der Waals surface area contributed by atoms with Gasteiger partial charge in [-0.15, -0.1) is 0 Å². The molecule has 1 fully saturated rings. The second-order valence-electron chi connectivity index (χ2n) is 6.96. The average molecular weight is 299 g/mol. The van der Waals surface area contributed by atoms with Crippen LogP contribution in [0.5, 0.6) is 0 Å². The van der Waals surface area contributed by atoms with Crippen LogP contribution in [-0.2, 0) is 9.47 Å². The predicted octanol–water partition coefficient (Wildman–Crippen LogP) is 4.01. The van der Waals surface area contributed by atoms with Crippen LogP contribution >= 0.6 is 0 Å². The molecule has 0 amide bonds. The van der Waals surface area contributed by atoms with Crippen LogP contribution in [0.4, 0.5) is 0 Å². The summed E-state index contributed by atoms with van der Waals surface area (Å²) in [6.45, 7) is 12.8. The molecule has 0 aromatic rings. The second kappa shape index (κ2) is 11.4. The van der Waals surface area contributed by atoms with Crippen LogP contribution in [0, 0.1) is 11.8 Å². The Bertz CT molecular complexity index is 245. The first-order valence-electron chi connectivity index (χ1n) is 9.09. The fourth-order valence-corrected chi connectivity index (χ4v) is 2.85. The third-order valence-electron chi connectivity index (χ3n) is 4.32. The van der Waals surface area contributed by atoms with E-state index in [9.17, 15) is 0 Å². The van der Waals surface area contributed by atoms with E-state index < -0.39 is 0 Å². The Balaban J connectivity index is 2.06. The van der Waals surface area contributed by atoms with Gasteiger partial charge in [0.15, 0.2) is 0 Å². The molecule has 1 aliphatic rings. The number of ether oxygens (including phenoxy) is 2. The Morgan fingerprint density at radius 3 is 2.62 bits per heavy atom. The molecule has 0 aromatic heterocycles. The van der Waals surface area contributed by atoms with E-state index in [2.05, 4.69) is 33.0 Å². The zero-order valence-electron chi connectivity index (χ0n) is 14.7. The third kappa shape index (κ3) is 8.80. The maximum Gasteiger partial charge on any atom is 0.0813 e. The quantitative estimate of drug-likeness (QED) is 0.590. The number of rotatable bonds is 12. The molecule has 3 atom stereocenters. The molecule has 3 nitrogen and oxygen atoms in total. The van der Waals surface area contributed by atoms with Crippen LogP contribution in [0.25, 0.3) is 0 Å². The normalized spacial score (nSPS) is 23.9. The molecule has 0 spiro atoms. The van der Waals surface area contributed by atoms with Gasteiger partial charge in [0.1, 0.15) is 0 Å². The van der Waals surface area contributed by atoms with Crippen molar-refractivity contribution >= 4 is 0 Å². The number of nitrogens with one attached hydrogen (secondary N) is 1. The fourth-order valence-electron chi connectivity index (χ4n) is 2.85. The number of hydrogen-bond donors (Lipinski definition) is 1. The topological polar surface area (TPSA) is 30.5 Å². The Morgan fingerprint density at radius 2 is 1.95 bits per heavy atom. The predicted molar refractivity (Wildman–Crippen MR) is 89.7 cm³/mol. The van der Waals surface area contributed by atoms with Crippen molar-refractivity contribution in [2.75, 3.05) is 26.3 Å². The summed E-state index contributed by atoms with van der Waals surface area (Å²) in [6.07, 6.45) is 8.18. The minimum atomic E-state index is 0.319.